The Morgan fingerprint density at radius 1 is 1.35 bits per heavy atom. The van der Waals surface area contributed by atoms with Crippen molar-refractivity contribution in [2.75, 3.05) is 6.54 Å². The number of aliphatic carboxylic acids is 1. The van der Waals surface area contributed by atoms with E-state index in [-0.39, 0.29) is 10.7 Å². The molecule has 0 saturated heterocycles. The number of sulfonamides is 1. The third-order valence-corrected chi connectivity index (χ3v) is 4.71. The van der Waals surface area contributed by atoms with Crippen LogP contribution >= 0.6 is 0 Å². The van der Waals surface area contributed by atoms with Crippen LogP contribution in [0, 0.1) is 0 Å². The summed E-state index contributed by atoms with van der Waals surface area (Å²) in [6.45, 7) is 5.15. The van der Waals surface area contributed by atoms with Crippen LogP contribution in [0.3, 0.4) is 0 Å². The Labute approximate surface area is 117 Å². The summed E-state index contributed by atoms with van der Waals surface area (Å²) >= 11 is 0. The number of hydrogen-bond donors (Lipinski definition) is 1. The Balaban J connectivity index is 2.62. The van der Waals surface area contributed by atoms with Crippen LogP contribution in [0.25, 0.3) is 0 Å². The SMILES string of the molecule is CCN(C1=NS(=O)(=O)c2ccccc21)C(C)(C)C(=O)O. The first-order valence-corrected chi connectivity index (χ1v) is 7.61. The van der Waals surface area contributed by atoms with E-state index in [1.54, 1.807) is 25.1 Å². The molecule has 7 heteroatoms. The Kier molecular flexibility index (Phi) is 3.33. The lowest BCUT2D eigenvalue weighted by Crippen LogP contribution is -2.52. The van der Waals surface area contributed by atoms with E-state index in [0.29, 0.717) is 12.1 Å². The molecule has 0 saturated carbocycles. The Bertz CT molecular complexity index is 692. The van der Waals surface area contributed by atoms with Gasteiger partial charge in [-0.05, 0) is 32.9 Å². The monoisotopic (exact) mass is 296 g/mol. The average molecular weight is 296 g/mol. The molecule has 0 amide bonds. The fourth-order valence-electron chi connectivity index (χ4n) is 2.21. The highest BCUT2D eigenvalue weighted by Crippen LogP contribution is 2.30. The van der Waals surface area contributed by atoms with E-state index < -0.39 is 21.5 Å². The van der Waals surface area contributed by atoms with Gasteiger partial charge in [-0.25, -0.2) is 4.79 Å². The van der Waals surface area contributed by atoms with Crippen molar-refractivity contribution in [2.24, 2.45) is 4.40 Å². The standard InChI is InChI=1S/C13H16N2O4S/c1-4-15(13(2,3)12(16)17)11-9-7-5-6-8-10(9)20(18,19)14-11/h5-8H,4H2,1-3H3,(H,16,17). The Morgan fingerprint density at radius 2 is 1.95 bits per heavy atom. The second-order valence-electron chi connectivity index (χ2n) is 4.99. The maximum absolute atomic E-state index is 12.0. The zero-order valence-corrected chi connectivity index (χ0v) is 12.3. The maximum Gasteiger partial charge on any atom is 0.328 e. The summed E-state index contributed by atoms with van der Waals surface area (Å²) in [7, 11) is -3.74. The van der Waals surface area contributed by atoms with Gasteiger partial charge in [-0.3, -0.25) is 0 Å². The molecule has 1 heterocycles. The molecule has 0 atom stereocenters. The third-order valence-electron chi connectivity index (χ3n) is 3.38. The number of fused-ring (bicyclic) bond motifs is 1. The van der Waals surface area contributed by atoms with Crippen molar-refractivity contribution in [3.8, 4) is 0 Å². The second-order valence-corrected chi connectivity index (χ2v) is 6.57. The van der Waals surface area contributed by atoms with Gasteiger partial charge in [-0.1, -0.05) is 12.1 Å². The molecule has 0 bridgehead atoms. The van der Waals surface area contributed by atoms with E-state index >= 15 is 0 Å². The summed E-state index contributed by atoms with van der Waals surface area (Å²) in [5.74, 6) is -0.848. The van der Waals surface area contributed by atoms with Crippen molar-refractivity contribution >= 4 is 21.8 Å². The van der Waals surface area contributed by atoms with Gasteiger partial charge in [0.2, 0.25) is 0 Å². The van der Waals surface area contributed by atoms with E-state index in [1.807, 2.05) is 0 Å². The van der Waals surface area contributed by atoms with Crippen molar-refractivity contribution in [3.05, 3.63) is 29.8 Å². The van der Waals surface area contributed by atoms with Gasteiger partial charge in [0.25, 0.3) is 10.0 Å². The van der Waals surface area contributed by atoms with E-state index in [1.165, 1.54) is 24.8 Å². The minimum atomic E-state index is -3.74. The Morgan fingerprint density at radius 3 is 2.50 bits per heavy atom. The molecule has 0 aliphatic carbocycles. The van der Waals surface area contributed by atoms with E-state index in [2.05, 4.69) is 4.40 Å². The first kappa shape index (κ1) is 14.5. The number of carboxylic acids is 1. The molecule has 0 radical (unpaired) electrons. The van der Waals surface area contributed by atoms with Crippen LogP contribution in [0.2, 0.25) is 0 Å². The van der Waals surface area contributed by atoms with E-state index in [9.17, 15) is 18.3 Å². The predicted molar refractivity (Wildman–Crippen MR) is 74.3 cm³/mol. The molecule has 0 fully saturated rings. The number of nitrogens with zero attached hydrogens (tertiary/aromatic N) is 2. The van der Waals surface area contributed by atoms with Crippen LogP contribution in [0.1, 0.15) is 26.3 Å². The van der Waals surface area contributed by atoms with Gasteiger partial charge < -0.3 is 10.0 Å². The van der Waals surface area contributed by atoms with E-state index in [4.69, 9.17) is 0 Å². The third kappa shape index (κ3) is 2.07. The van der Waals surface area contributed by atoms with Crippen LogP contribution in [-0.2, 0) is 14.8 Å². The largest absolute Gasteiger partial charge is 0.480 e. The van der Waals surface area contributed by atoms with E-state index in [0.717, 1.165) is 0 Å². The van der Waals surface area contributed by atoms with Crippen molar-refractivity contribution in [2.45, 2.75) is 31.2 Å². The molecule has 20 heavy (non-hydrogen) atoms. The molecule has 0 spiro atoms. The van der Waals surface area contributed by atoms with Gasteiger partial charge in [0.1, 0.15) is 10.4 Å². The summed E-state index contributed by atoms with van der Waals surface area (Å²) in [4.78, 5) is 13.0. The first-order valence-electron chi connectivity index (χ1n) is 6.17. The molecule has 108 valence electrons. The number of carbonyl (C=O) groups is 1. The van der Waals surface area contributed by atoms with Crippen LogP contribution in [0.5, 0.6) is 0 Å². The summed E-state index contributed by atoms with van der Waals surface area (Å²) in [5, 5.41) is 9.34. The van der Waals surface area contributed by atoms with Gasteiger partial charge in [-0.2, -0.15) is 8.42 Å². The Hall–Kier alpha value is -1.89. The quantitative estimate of drug-likeness (QED) is 0.909. The molecular weight excluding hydrogens is 280 g/mol. The maximum atomic E-state index is 12.0. The zero-order chi connectivity index (χ0) is 15.1. The van der Waals surface area contributed by atoms with Crippen molar-refractivity contribution in [3.63, 3.8) is 0 Å². The zero-order valence-electron chi connectivity index (χ0n) is 11.5. The molecule has 0 unspecified atom stereocenters. The normalized spacial score (nSPS) is 16.4. The lowest BCUT2D eigenvalue weighted by molar-refractivity contribution is -0.146. The molecule has 6 nitrogen and oxygen atoms in total. The van der Waals surface area contributed by atoms with Crippen LogP contribution < -0.4 is 0 Å². The molecular formula is C13H16N2O4S. The smallest absolute Gasteiger partial charge is 0.328 e. The number of carboxylic acid groups (broad SMARTS) is 1. The highest BCUT2D eigenvalue weighted by molar-refractivity contribution is 7.90. The molecule has 1 aromatic rings. The first-order chi connectivity index (χ1) is 9.21. The number of amidine groups is 1. The molecule has 2 rings (SSSR count). The van der Waals surface area contributed by atoms with Crippen molar-refractivity contribution < 1.29 is 18.3 Å². The lowest BCUT2D eigenvalue weighted by Gasteiger charge is -2.35. The average Bonchev–Trinajstić information content (AvgIpc) is 2.63. The topological polar surface area (TPSA) is 87.0 Å². The molecule has 1 N–H and O–H groups in total. The summed E-state index contributed by atoms with van der Waals surface area (Å²) in [6.07, 6.45) is 0. The highest BCUT2D eigenvalue weighted by atomic mass is 32.2. The fourth-order valence-corrected chi connectivity index (χ4v) is 3.42. The van der Waals surface area contributed by atoms with Crippen molar-refractivity contribution in [1.29, 1.82) is 0 Å². The molecule has 0 aromatic heterocycles. The summed E-state index contributed by atoms with van der Waals surface area (Å²) in [5.41, 5.74) is -0.802. The number of hydrogen-bond acceptors (Lipinski definition) is 4. The lowest BCUT2D eigenvalue weighted by atomic mass is 10.0. The fraction of sp³-hybridized carbons (Fsp3) is 0.385. The minimum Gasteiger partial charge on any atom is -0.480 e. The van der Waals surface area contributed by atoms with Crippen LogP contribution in [0.4, 0.5) is 0 Å². The summed E-state index contributed by atoms with van der Waals surface area (Å²) in [6, 6.07) is 6.44. The predicted octanol–water partition coefficient (Wildman–Crippen LogP) is 1.32. The highest BCUT2D eigenvalue weighted by Gasteiger charge is 2.40. The summed E-state index contributed by atoms with van der Waals surface area (Å²) < 4.78 is 27.8. The molecule has 1 aliphatic heterocycles. The van der Waals surface area contributed by atoms with Gasteiger partial charge in [0.05, 0.1) is 0 Å². The molecule has 1 aromatic carbocycles. The van der Waals surface area contributed by atoms with Crippen LogP contribution in [-0.4, -0.2) is 42.3 Å². The van der Waals surface area contributed by atoms with Gasteiger partial charge >= 0.3 is 5.97 Å². The number of benzene rings is 1. The van der Waals surface area contributed by atoms with Gasteiger partial charge in [0, 0.05) is 12.1 Å². The second kappa shape index (κ2) is 4.59. The van der Waals surface area contributed by atoms with Gasteiger partial charge in [0.15, 0.2) is 5.84 Å². The molecule has 1 aliphatic rings. The minimum absolute atomic E-state index is 0.120. The van der Waals surface area contributed by atoms with Crippen molar-refractivity contribution in [1.82, 2.24) is 4.90 Å². The number of rotatable bonds is 3. The van der Waals surface area contributed by atoms with Gasteiger partial charge in [-0.15, -0.1) is 4.40 Å². The number of likely N-dealkylation sites (N-methyl/N-ethyl adjacent to an activating group) is 1. The van der Waals surface area contributed by atoms with Crippen LogP contribution in [0.15, 0.2) is 33.6 Å².